The summed E-state index contributed by atoms with van der Waals surface area (Å²) in [5.74, 6) is 0.220. The van der Waals surface area contributed by atoms with Crippen molar-refractivity contribution >= 4 is 0 Å². The molecule has 0 saturated carbocycles. The van der Waals surface area contributed by atoms with Crippen LogP contribution in [0.4, 0.5) is 4.39 Å². The Kier molecular flexibility index (Phi) is 2.87. The van der Waals surface area contributed by atoms with Crippen molar-refractivity contribution in [2.45, 2.75) is 6.54 Å². The predicted octanol–water partition coefficient (Wildman–Crippen LogP) is 1.48. The van der Waals surface area contributed by atoms with Crippen LogP contribution in [0.5, 0.6) is 5.88 Å². The lowest BCUT2D eigenvalue weighted by atomic mass is 10.3. The van der Waals surface area contributed by atoms with E-state index in [4.69, 9.17) is 10.5 Å². The van der Waals surface area contributed by atoms with Crippen LogP contribution in [0.25, 0.3) is 5.69 Å². The largest absolute Gasteiger partial charge is 0.481 e. The van der Waals surface area contributed by atoms with Gasteiger partial charge in [0.25, 0.3) is 0 Å². The van der Waals surface area contributed by atoms with Crippen molar-refractivity contribution in [1.82, 2.24) is 9.78 Å². The van der Waals surface area contributed by atoms with Crippen LogP contribution in [0, 0.1) is 5.82 Å². The Morgan fingerprint density at radius 3 is 2.94 bits per heavy atom. The van der Waals surface area contributed by atoms with Gasteiger partial charge in [0.2, 0.25) is 5.88 Å². The molecule has 2 N–H and O–H groups in total. The number of benzene rings is 1. The molecule has 0 aliphatic carbocycles. The third kappa shape index (κ3) is 1.77. The average molecular weight is 221 g/mol. The van der Waals surface area contributed by atoms with Crippen LogP contribution in [0.15, 0.2) is 30.5 Å². The minimum Gasteiger partial charge on any atom is -0.481 e. The normalized spacial score (nSPS) is 10.4. The van der Waals surface area contributed by atoms with E-state index in [1.807, 2.05) is 0 Å². The van der Waals surface area contributed by atoms with Crippen molar-refractivity contribution in [2.24, 2.45) is 5.73 Å². The highest BCUT2D eigenvalue weighted by Gasteiger charge is 2.11. The maximum atomic E-state index is 13.1. The van der Waals surface area contributed by atoms with E-state index in [-0.39, 0.29) is 5.82 Å². The van der Waals surface area contributed by atoms with E-state index >= 15 is 0 Å². The van der Waals surface area contributed by atoms with E-state index in [0.717, 1.165) is 5.56 Å². The van der Waals surface area contributed by atoms with Crippen LogP contribution in [0.3, 0.4) is 0 Å². The average Bonchev–Trinajstić information content (AvgIpc) is 2.71. The van der Waals surface area contributed by atoms with E-state index < -0.39 is 0 Å². The summed E-state index contributed by atoms with van der Waals surface area (Å²) in [6.07, 6.45) is 1.61. The summed E-state index contributed by atoms with van der Waals surface area (Å²) in [7, 11) is 1.53. The maximum Gasteiger partial charge on any atom is 0.220 e. The molecule has 0 aliphatic heterocycles. The van der Waals surface area contributed by atoms with Crippen LogP contribution in [0.1, 0.15) is 5.56 Å². The van der Waals surface area contributed by atoms with Crippen molar-refractivity contribution in [1.29, 1.82) is 0 Å². The van der Waals surface area contributed by atoms with Crippen molar-refractivity contribution in [3.05, 3.63) is 41.8 Å². The number of ether oxygens (including phenoxy) is 1. The zero-order valence-electron chi connectivity index (χ0n) is 8.85. The Labute approximate surface area is 92.4 Å². The summed E-state index contributed by atoms with van der Waals surface area (Å²) < 4.78 is 19.8. The number of nitrogens with two attached hydrogens (primary N) is 1. The zero-order chi connectivity index (χ0) is 11.5. The van der Waals surface area contributed by atoms with Crippen LogP contribution < -0.4 is 10.5 Å². The molecule has 16 heavy (non-hydrogen) atoms. The molecule has 0 radical (unpaired) electrons. The first kappa shape index (κ1) is 10.6. The van der Waals surface area contributed by atoms with Gasteiger partial charge < -0.3 is 10.5 Å². The molecule has 84 valence electrons. The molecule has 0 amide bonds. The molecule has 0 aliphatic rings. The van der Waals surface area contributed by atoms with Crippen LogP contribution in [-0.4, -0.2) is 16.9 Å². The van der Waals surface area contributed by atoms with E-state index in [1.54, 1.807) is 18.3 Å². The van der Waals surface area contributed by atoms with Crippen molar-refractivity contribution < 1.29 is 9.13 Å². The maximum absolute atomic E-state index is 13.1. The molecule has 2 aromatic rings. The van der Waals surface area contributed by atoms with Crippen molar-refractivity contribution in [2.75, 3.05) is 7.11 Å². The summed E-state index contributed by atoms with van der Waals surface area (Å²) in [6.45, 7) is 0.332. The zero-order valence-corrected chi connectivity index (χ0v) is 8.85. The van der Waals surface area contributed by atoms with Gasteiger partial charge in [-0.1, -0.05) is 6.07 Å². The van der Waals surface area contributed by atoms with Crippen LogP contribution in [0.2, 0.25) is 0 Å². The quantitative estimate of drug-likeness (QED) is 0.854. The predicted molar refractivity (Wildman–Crippen MR) is 58.0 cm³/mol. The lowest BCUT2D eigenvalue weighted by Gasteiger charge is -2.07. The van der Waals surface area contributed by atoms with E-state index in [9.17, 15) is 4.39 Å². The molecular weight excluding hydrogens is 209 g/mol. The lowest BCUT2D eigenvalue weighted by Crippen LogP contribution is -2.03. The van der Waals surface area contributed by atoms with E-state index in [2.05, 4.69) is 5.10 Å². The van der Waals surface area contributed by atoms with Crippen LogP contribution >= 0.6 is 0 Å². The minimum absolute atomic E-state index is 0.315. The number of methoxy groups -OCH3 is 1. The fraction of sp³-hybridized carbons (Fsp3) is 0.182. The molecule has 0 bridgehead atoms. The van der Waals surface area contributed by atoms with Gasteiger partial charge in [0.05, 0.1) is 19.0 Å². The number of aromatic nitrogens is 2. The fourth-order valence-corrected chi connectivity index (χ4v) is 1.52. The highest BCUT2D eigenvalue weighted by molar-refractivity contribution is 5.38. The Morgan fingerprint density at radius 1 is 1.50 bits per heavy atom. The lowest BCUT2D eigenvalue weighted by molar-refractivity contribution is 0.379. The highest BCUT2D eigenvalue weighted by Crippen LogP contribution is 2.22. The first-order chi connectivity index (χ1) is 7.76. The number of rotatable bonds is 3. The Hall–Kier alpha value is -1.88. The molecule has 5 heteroatoms. The SMILES string of the molecule is COc1c(CN)cnn1-c1cccc(F)c1. The smallest absolute Gasteiger partial charge is 0.220 e. The molecule has 4 nitrogen and oxygen atoms in total. The second-order valence-corrected chi connectivity index (χ2v) is 3.27. The topological polar surface area (TPSA) is 53.1 Å². The van der Waals surface area contributed by atoms with Crippen molar-refractivity contribution in [3.8, 4) is 11.6 Å². The fourth-order valence-electron chi connectivity index (χ4n) is 1.52. The second kappa shape index (κ2) is 4.32. The summed E-state index contributed by atoms with van der Waals surface area (Å²) in [5, 5.41) is 4.11. The standard InChI is InChI=1S/C11H12FN3O/c1-16-11-8(6-13)7-14-15(11)10-4-2-3-9(12)5-10/h2-5,7H,6,13H2,1H3. The van der Waals surface area contributed by atoms with Crippen LogP contribution in [-0.2, 0) is 6.54 Å². The summed E-state index contributed by atoms with van der Waals surface area (Å²) in [5.41, 5.74) is 6.93. The number of hydrogen-bond acceptors (Lipinski definition) is 3. The van der Waals surface area contributed by atoms with Gasteiger partial charge in [0.1, 0.15) is 5.82 Å². The Morgan fingerprint density at radius 2 is 2.31 bits per heavy atom. The number of halogens is 1. The van der Waals surface area contributed by atoms with Gasteiger partial charge in [0.15, 0.2) is 0 Å². The molecule has 0 unspecified atom stereocenters. The molecule has 0 saturated heterocycles. The Balaban J connectivity index is 2.51. The van der Waals surface area contributed by atoms with Gasteiger partial charge in [0, 0.05) is 12.1 Å². The molecular formula is C11H12FN3O. The van der Waals surface area contributed by atoms with Gasteiger partial charge in [-0.25, -0.2) is 9.07 Å². The van der Waals surface area contributed by atoms with Gasteiger partial charge in [-0.05, 0) is 18.2 Å². The molecule has 0 atom stereocenters. The first-order valence-corrected chi connectivity index (χ1v) is 4.83. The first-order valence-electron chi connectivity index (χ1n) is 4.83. The van der Waals surface area contributed by atoms with Gasteiger partial charge in [-0.15, -0.1) is 0 Å². The summed E-state index contributed by atoms with van der Waals surface area (Å²) >= 11 is 0. The summed E-state index contributed by atoms with van der Waals surface area (Å²) in [4.78, 5) is 0. The second-order valence-electron chi connectivity index (χ2n) is 3.27. The summed E-state index contributed by atoms with van der Waals surface area (Å²) in [6, 6.07) is 6.13. The molecule has 2 rings (SSSR count). The third-order valence-corrected chi connectivity index (χ3v) is 2.26. The number of hydrogen-bond donors (Lipinski definition) is 1. The number of nitrogens with zero attached hydrogens (tertiary/aromatic N) is 2. The highest BCUT2D eigenvalue weighted by atomic mass is 19.1. The van der Waals surface area contributed by atoms with Gasteiger partial charge in [-0.3, -0.25) is 0 Å². The van der Waals surface area contributed by atoms with Crippen molar-refractivity contribution in [3.63, 3.8) is 0 Å². The molecule has 1 aromatic carbocycles. The molecule has 1 heterocycles. The minimum atomic E-state index is -0.315. The molecule has 0 spiro atoms. The van der Waals surface area contributed by atoms with E-state index in [0.29, 0.717) is 18.1 Å². The molecule has 1 aromatic heterocycles. The Bertz CT molecular complexity index is 496. The van der Waals surface area contributed by atoms with E-state index in [1.165, 1.54) is 23.9 Å². The van der Waals surface area contributed by atoms with Gasteiger partial charge >= 0.3 is 0 Å². The van der Waals surface area contributed by atoms with Gasteiger partial charge in [-0.2, -0.15) is 5.10 Å². The monoisotopic (exact) mass is 221 g/mol. The molecule has 0 fully saturated rings. The third-order valence-electron chi connectivity index (χ3n) is 2.26.